The zero-order chi connectivity index (χ0) is 31.7. The monoisotopic (exact) mass is 636 g/mol. The minimum absolute atomic E-state index is 0.0483. The van der Waals surface area contributed by atoms with Gasteiger partial charge in [0.15, 0.2) is 0 Å². The molecular weight excluding hydrogens is 607 g/mol. The molecule has 2 aromatic heterocycles. The number of anilines is 2. The molecule has 15 heteroatoms. The van der Waals surface area contributed by atoms with Crippen LogP contribution in [0.15, 0.2) is 54.9 Å². The summed E-state index contributed by atoms with van der Waals surface area (Å²) in [6.45, 7) is 3.34. The van der Waals surface area contributed by atoms with Crippen molar-refractivity contribution in [2.24, 2.45) is 0 Å². The average Bonchev–Trinajstić information content (AvgIpc) is 2.96. The first-order valence-corrected chi connectivity index (χ1v) is 15.3. The Morgan fingerprint density at radius 3 is 2.55 bits per heavy atom. The summed E-state index contributed by atoms with van der Waals surface area (Å²) in [5.74, 6) is -12.1. The number of sulfonamides is 1. The Kier molecular flexibility index (Phi) is 8.62. The van der Waals surface area contributed by atoms with Crippen molar-refractivity contribution < 1.29 is 35.1 Å². The molecule has 3 heterocycles. The molecule has 0 amide bonds. The number of hydrogen-bond donors (Lipinski definition) is 3. The minimum Gasteiger partial charge on any atom is -0.437 e. The van der Waals surface area contributed by atoms with Crippen molar-refractivity contribution in [1.29, 1.82) is 0 Å². The number of halogens is 5. The quantitative estimate of drug-likeness (QED) is 0.178. The van der Waals surface area contributed by atoms with Crippen LogP contribution in [0.25, 0.3) is 22.0 Å². The molecule has 2 aromatic carbocycles. The Balaban J connectivity index is 1.49. The molecule has 4 aromatic rings. The number of rotatable bonds is 10. The van der Waals surface area contributed by atoms with Gasteiger partial charge in [-0.2, -0.15) is 8.78 Å². The Morgan fingerprint density at radius 1 is 1.05 bits per heavy atom. The minimum atomic E-state index is -5.13. The molecule has 1 atom stereocenters. The molecule has 9 nitrogen and oxygen atoms in total. The van der Waals surface area contributed by atoms with Gasteiger partial charge in [0.25, 0.3) is 0 Å². The van der Waals surface area contributed by atoms with Crippen LogP contribution >= 0.6 is 0 Å². The molecular formula is C29H29F5N6O3S. The molecule has 0 unspecified atom stereocenters. The van der Waals surface area contributed by atoms with Crippen LogP contribution in [-0.2, 0) is 10.0 Å². The number of fused-ring (bicyclic) bond motifs is 1. The van der Waals surface area contributed by atoms with E-state index in [1.165, 1.54) is 24.4 Å². The van der Waals surface area contributed by atoms with E-state index in [0.717, 1.165) is 32.0 Å². The number of benzene rings is 2. The highest BCUT2D eigenvalue weighted by molar-refractivity contribution is 7.92. The maximum atomic E-state index is 14.9. The normalized spacial score (nSPS) is 16.1. The SMILES string of the molecule is Cc1ccc2c(NS(=O)(=O)CC(F)(F)C(C)(F)F)c(F)ccc2c1Oc1ncccc1-c1ccnc(N[C@H]2CCCNC2)n1. The van der Waals surface area contributed by atoms with Gasteiger partial charge in [-0.25, -0.2) is 36.5 Å². The zero-order valence-electron chi connectivity index (χ0n) is 23.7. The number of hydrogen-bond acceptors (Lipinski definition) is 8. The van der Waals surface area contributed by atoms with Gasteiger partial charge >= 0.3 is 11.8 Å². The van der Waals surface area contributed by atoms with Gasteiger partial charge < -0.3 is 15.4 Å². The summed E-state index contributed by atoms with van der Waals surface area (Å²) in [6.07, 6.45) is 5.08. The molecule has 0 radical (unpaired) electrons. The van der Waals surface area contributed by atoms with Crippen LogP contribution in [-0.4, -0.2) is 60.1 Å². The molecule has 1 aliphatic rings. The first-order chi connectivity index (χ1) is 20.7. The van der Waals surface area contributed by atoms with Crippen molar-refractivity contribution in [3.63, 3.8) is 0 Å². The topological polar surface area (TPSA) is 118 Å². The van der Waals surface area contributed by atoms with Crippen LogP contribution in [0.1, 0.15) is 25.3 Å². The van der Waals surface area contributed by atoms with Crippen LogP contribution in [0.3, 0.4) is 0 Å². The highest BCUT2D eigenvalue weighted by atomic mass is 32.2. The number of aryl methyl sites for hydroxylation is 1. The van der Waals surface area contributed by atoms with Crippen molar-refractivity contribution >= 4 is 32.4 Å². The summed E-state index contributed by atoms with van der Waals surface area (Å²) in [5, 5.41) is 6.80. The molecule has 0 spiro atoms. The molecule has 5 rings (SSSR count). The van der Waals surface area contributed by atoms with Gasteiger partial charge in [0.05, 0.1) is 16.9 Å². The third kappa shape index (κ3) is 6.83. The lowest BCUT2D eigenvalue weighted by Gasteiger charge is -2.23. The van der Waals surface area contributed by atoms with Crippen LogP contribution < -0.4 is 20.1 Å². The Morgan fingerprint density at radius 2 is 1.82 bits per heavy atom. The lowest BCUT2D eigenvalue weighted by molar-refractivity contribution is -0.183. The maximum Gasteiger partial charge on any atom is 0.325 e. The Bertz CT molecular complexity index is 1780. The second-order valence-electron chi connectivity index (χ2n) is 10.6. The predicted molar refractivity (Wildman–Crippen MR) is 156 cm³/mol. The molecule has 0 saturated carbocycles. The van der Waals surface area contributed by atoms with Crippen molar-refractivity contribution in [2.75, 3.05) is 28.9 Å². The van der Waals surface area contributed by atoms with Crippen LogP contribution in [0.2, 0.25) is 0 Å². The number of nitrogens with one attached hydrogen (secondary N) is 3. The smallest absolute Gasteiger partial charge is 0.325 e. The zero-order valence-corrected chi connectivity index (χ0v) is 24.5. The molecule has 0 bridgehead atoms. The van der Waals surface area contributed by atoms with Gasteiger partial charge in [0, 0.05) is 42.7 Å². The third-order valence-corrected chi connectivity index (χ3v) is 8.36. The molecule has 1 saturated heterocycles. The number of aromatic nitrogens is 3. The Hall–Kier alpha value is -4.11. The lowest BCUT2D eigenvalue weighted by Crippen LogP contribution is -2.45. The van der Waals surface area contributed by atoms with Gasteiger partial charge in [-0.1, -0.05) is 12.1 Å². The van der Waals surface area contributed by atoms with Crippen molar-refractivity contribution in [3.8, 4) is 22.9 Å². The van der Waals surface area contributed by atoms with E-state index in [1.54, 1.807) is 36.0 Å². The van der Waals surface area contributed by atoms with Gasteiger partial charge in [0.1, 0.15) is 17.3 Å². The number of alkyl halides is 4. The molecule has 3 N–H and O–H groups in total. The van der Waals surface area contributed by atoms with Gasteiger partial charge in [0.2, 0.25) is 21.9 Å². The van der Waals surface area contributed by atoms with E-state index in [0.29, 0.717) is 22.8 Å². The fraction of sp³-hybridized carbons (Fsp3) is 0.345. The standard InChI is InChI=1S/C29H29F5N6O3S/c1-17-7-8-19-20(9-10-22(30)24(19)40-44(41,42)16-29(33,34)28(2,31)32)25(17)43-26-21(6-4-13-36-26)23-11-14-37-27(39-23)38-18-5-3-12-35-15-18/h4,6-11,13-14,18,35,40H,3,5,12,15-16H2,1-2H3,(H,37,38,39)/t18-/m0/s1. The predicted octanol–water partition coefficient (Wildman–Crippen LogP) is 6.13. The lowest BCUT2D eigenvalue weighted by atomic mass is 10.0. The second-order valence-corrected chi connectivity index (χ2v) is 12.3. The van der Waals surface area contributed by atoms with E-state index in [2.05, 4.69) is 25.6 Å². The number of pyridine rings is 1. The summed E-state index contributed by atoms with van der Waals surface area (Å²) >= 11 is 0. The van der Waals surface area contributed by atoms with E-state index in [4.69, 9.17) is 4.74 Å². The number of nitrogens with zero attached hydrogens (tertiary/aromatic N) is 3. The molecule has 234 valence electrons. The first-order valence-electron chi connectivity index (χ1n) is 13.7. The van der Waals surface area contributed by atoms with Crippen molar-refractivity contribution in [3.05, 3.63) is 66.2 Å². The van der Waals surface area contributed by atoms with E-state index in [1.807, 2.05) is 0 Å². The van der Waals surface area contributed by atoms with Crippen molar-refractivity contribution in [1.82, 2.24) is 20.3 Å². The summed E-state index contributed by atoms with van der Waals surface area (Å²) in [7, 11) is -5.13. The van der Waals surface area contributed by atoms with Gasteiger partial charge in [-0.05, 0) is 62.2 Å². The summed E-state index contributed by atoms with van der Waals surface area (Å²) in [5.41, 5.74) is 0.872. The van der Waals surface area contributed by atoms with E-state index >= 15 is 0 Å². The highest BCUT2D eigenvalue weighted by Gasteiger charge is 2.55. The average molecular weight is 637 g/mol. The largest absolute Gasteiger partial charge is 0.437 e. The van der Waals surface area contributed by atoms with Crippen LogP contribution in [0.5, 0.6) is 11.6 Å². The number of piperidine rings is 1. The summed E-state index contributed by atoms with van der Waals surface area (Å²) in [6, 6.07) is 10.4. The highest BCUT2D eigenvalue weighted by Crippen LogP contribution is 2.40. The second kappa shape index (κ2) is 12.1. The molecule has 1 fully saturated rings. The Labute approximate surface area is 250 Å². The molecule has 0 aliphatic carbocycles. The third-order valence-electron chi connectivity index (χ3n) is 7.10. The van der Waals surface area contributed by atoms with Crippen LogP contribution in [0.4, 0.5) is 33.6 Å². The fourth-order valence-electron chi connectivity index (χ4n) is 4.76. The summed E-state index contributed by atoms with van der Waals surface area (Å²) in [4.78, 5) is 13.3. The van der Waals surface area contributed by atoms with Crippen LogP contribution in [0, 0.1) is 12.7 Å². The fourth-order valence-corrected chi connectivity index (χ4v) is 6.08. The molecule has 44 heavy (non-hydrogen) atoms. The maximum absolute atomic E-state index is 14.9. The van der Waals surface area contributed by atoms with Gasteiger partial charge in [-0.15, -0.1) is 0 Å². The van der Waals surface area contributed by atoms with E-state index < -0.39 is 39.1 Å². The summed E-state index contributed by atoms with van der Waals surface area (Å²) < 4.78 is 102. The first kappa shape index (κ1) is 31.3. The molecule has 1 aliphatic heterocycles. The van der Waals surface area contributed by atoms with E-state index in [-0.39, 0.29) is 35.4 Å². The van der Waals surface area contributed by atoms with E-state index in [9.17, 15) is 30.4 Å². The van der Waals surface area contributed by atoms with Gasteiger partial charge in [-0.3, -0.25) is 4.72 Å². The van der Waals surface area contributed by atoms with Crippen molar-refractivity contribution in [2.45, 2.75) is 44.6 Å². The number of ether oxygens (including phenoxy) is 1.